The summed E-state index contributed by atoms with van der Waals surface area (Å²) in [5.41, 5.74) is 10.4. The molecule has 0 aromatic carbocycles. The highest BCUT2D eigenvalue weighted by atomic mass is 16.5. The summed E-state index contributed by atoms with van der Waals surface area (Å²) in [5.74, 6) is -2.35. The monoisotopic (exact) mass is 235 g/mol. The lowest BCUT2D eigenvalue weighted by atomic mass is 10.1. The Morgan fingerprint density at radius 3 is 2.19 bits per heavy atom. The normalized spacial score (nSPS) is 14.6. The smallest absolute Gasteiger partial charge is 0.331 e. The van der Waals surface area contributed by atoms with Gasteiger partial charge in [-0.15, -0.1) is 0 Å². The van der Waals surface area contributed by atoms with Crippen molar-refractivity contribution in [2.45, 2.75) is 38.1 Å². The number of aliphatic hydroxyl groups excluding tert-OH is 1. The van der Waals surface area contributed by atoms with Gasteiger partial charge < -0.3 is 21.7 Å². The van der Waals surface area contributed by atoms with Gasteiger partial charge in [-0.3, -0.25) is 10.0 Å². The van der Waals surface area contributed by atoms with Crippen molar-refractivity contribution in [3.8, 4) is 0 Å². The molecule has 8 nitrogen and oxygen atoms in total. The fraction of sp³-hybridized carbons (Fsp3) is 0.750. The van der Waals surface area contributed by atoms with Gasteiger partial charge in [-0.2, -0.15) is 0 Å². The van der Waals surface area contributed by atoms with Crippen LogP contribution in [0.25, 0.3) is 0 Å². The molecular formula is C8H17N3O5. The second-order valence-electron chi connectivity index (χ2n) is 3.46. The van der Waals surface area contributed by atoms with E-state index in [2.05, 4.69) is 0 Å². The van der Waals surface area contributed by atoms with Crippen LogP contribution >= 0.6 is 0 Å². The maximum atomic E-state index is 11.3. The predicted octanol–water partition coefficient (Wildman–Crippen LogP) is -1.94. The van der Waals surface area contributed by atoms with E-state index < -0.39 is 30.2 Å². The third-order valence-corrected chi connectivity index (χ3v) is 1.92. The van der Waals surface area contributed by atoms with Crippen LogP contribution in [0.1, 0.15) is 19.8 Å². The second-order valence-corrected chi connectivity index (χ2v) is 3.46. The van der Waals surface area contributed by atoms with E-state index in [-0.39, 0.29) is 17.9 Å². The molecule has 0 aromatic rings. The topological polar surface area (TPSA) is 150 Å². The molecule has 0 rings (SSSR count). The molecule has 8 heteroatoms. The molecule has 16 heavy (non-hydrogen) atoms. The molecule has 0 bridgehead atoms. The molecule has 7 N–H and O–H groups in total. The number of rotatable bonds is 6. The van der Waals surface area contributed by atoms with Crippen molar-refractivity contribution in [1.29, 1.82) is 0 Å². The molecule has 2 atom stereocenters. The summed E-state index contributed by atoms with van der Waals surface area (Å²) >= 11 is 0. The molecule has 0 saturated heterocycles. The summed E-state index contributed by atoms with van der Waals surface area (Å²) in [5, 5.41) is 27.1. The first-order valence-corrected chi connectivity index (χ1v) is 4.70. The number of aliphatic carboxylic acids is 1. The number of nitrogens with two attached hydrogens (primary N) is 2. The van der Waals surface area contributed by atoms with Crippen molar-refractivity contribution in [2.24, 2.45) is 11.5 Å². The SMILES string of the molecule is C[C@@H](O)[C@@H](C(=O)O)N(O)C(=O)CCC(N)N. The van der Waals surface area contributed by atoms with Crippen molar-refractivity contribution >= 4 is 11.9 Å². The number of carbonyl (C=O) groups is 2. The fourth-order valence-electron chi connectivity index (χ4n) is 1.08. The van der Waals surface area contributed by atoms with Gasteiger partial charge in [0.1, 0.15) is 0 Å². The van der Waals surface area contributed by atoms with E-state index in [1.54, 1.807) is 0 Å². The number of carbonyl (C=O) groups excluding carboxylic acids is 1. The van der Waals surface area contributed by atoms with Crippen LogP contribution in [0.3, 0.4) is 0 Å². The van der Waals surface area contributed by atoms with Crippen molar-refractivity contribution in [1.82, 2.24) is 5.06 Å². The van der Waals surface area contributed by atoms with Crippen LogP contribution in [-0.4, -0.2) is 50.7 Å². The molecule has 0 radical (unpaired) electrons. The number of hydrogen-bond donors (Lipinski definition) is 5. The van der Waals surface area contributed by atoms with E-state index >= 15 is 0 Å². The minimum absolute atomic E-state index is 0.00458. The van der Waals surface area contributed by atoms with Gasteiger partial charge in [0.15, 0.2) is 6.04 Å². The van der Waals surface area contributed by atoms with Gasteiger partial charge in [0, 0.05) is 6.42 Å². The molecule has 0 fully saturated rings. The number of amides is 1. The highest BCUT2D eigenvalue weighted by Gasteiger charge is 2.32. The summed E-state index contributed by atoms with van der Waals surface area (Å²) in [6, 6.07) is -1.69. The predicted molar refractivity (Wildman–Crippen MR) is 53.1 cm³/mol. The minimum Gasteiger partial charge on any atom is -0.480 e. The zero-order valence-corrected chi connectivity index (χ0v) is 8.91. The Bertz CT molecular complexity index is 256. The maximum absolute atomic E-state index is 11.3. The van der Waals surface area contributed by atoms with E-state index in [0.29, 0.717) is 0 Å². The van der Waals surface area contributed by atoms with Crippen LogP contribution in [-0.2, 0) is 9.59 Å². The van der Waals surface area contributed by atoms with Crippen LogP contribution in [0.15, 0.2) is 0 Å². The van der Waals surface area contributed by atoms with E-state index in [4.69, 9.17) is 21.7 Å². The van der Waals surface area contributed by atoms with Gasteiger partial charge in [-0.1, -0.05) is 0 Å². The molecule has 94 valence electrons. The van der Waals surface area contributed by atoms with Crippen molar-refractivity contribution in [3.63, 3.8) is 0 Å². The van der Waals surface area contributed by atoms with E-state index in [1.165, 1.54) is 0 Å². The van der Waals surface area contributed by atoms with Gasteiger partial charge >= 0.3 is 5.97 Å². The second kappa shape index (κ2) is 6.38. The molecule has 0 aliphatic carbocycles. The first kappa shape index (κ1) is 14.8. The van der Waals surface area contributed by atoms with Crippen molar-refractivity contribution in [3.05, 3.63) is 0 Å². The van der Waals surface area contributed by atoms with Crippen LogP contribution in [0.2, 0.25) is 0 Å². The van der Waals surface area contributed by atoms with E-state index in [9.17, 15) is 14.8 Å². The average molecular weight is 235 g/mol. The molecule has 0 aliphatic rings. The number of hydroxylamine groups is 2. The summed E-state index contributed by atoms with van der Waals surface area (Å²) in [4.78, 5) is 21.9. The zero-order chi connectivity index (χ0) is 12.9. The van der Waals surface area contributed by atoms with Gasteiger partial charge in [0.25, 0.3) is 0 Å². The minimum atomic E-state index is -1.69. The summed E-state index contributed by atoms with van der Waals surface area (Å²) in [6.45, 7) is 1.16. The molecule has 0 spiro atoms. The Kier molecular flexibility index (Phi) is 5.89. The zero-order valence-electron chi connectivity index (χ0n) is 8.91. The number of carboxylic acid groups (broad SMARTS) is 1. The summed E-state index contributed by atoms with van der Waals surface area (Å²) in [7, 11) is 0. The van der Waals surface area contributed by atoms with Gasteiger partial charge in [0.05, 0.1) is 12.3 Å². The number of hydrogen-bond acceptors (Lipinski definition) is 6. The summed E-state index contributed by atoms with van der Waals surface area (Å²) in [6.07, 6.45) is -2.18. The lowest BCUT2D eigenvalue weighted by Gasteiger charge is -2.24. The van der Waals surface area contributed by atoms with Crippen LogP contribution < -0.4 is 11.5 Å². The Balaban J connectivity index is 4.44. The Morgan fingerprint density at radius 2 is 1.88 bits per heavy atom. The van der Waals surface area contributed by atoms with Gasteiger partial charge in [-0.05, 0) is 13.3 Å². The van der Waals surface area contributed by atoms with E-state index in [1.807, 2.05) is 0 Å². The van der Waals surface area contributed by atoms with Crippen molar-refractivity contribution in [2.75, 3.05) is 0 Å². The lowest BCUT2D eigenvalue weighted by Crippen LogP contribution is -2.49. The molecular weight excluding hydrogens is 218 g/mol. The Hall–Kier alpha value is -1.22. The molecule has 1 amide bonds. The van der Waals surface area contributed by atoms with Crippen LogP contribution in [0, 0.1) is 0 Å². The van der Waals surface area contributed by atoms with Gasteiger partial charge in [0.2, 0.25) is 5.91 Å². The van der Waals surface area contributed by atoms with Gasteiger partial charge in [-0.25, -0.2) is 9.86 Å². The lowest BCUT2D eigenvalue weighted by molar-refractivity contribution is -0.194. The maximum Gasteiger partial charge on any atom is 0.331 e. The van der Waals surface area contributed by atoms with Crippen LogP contribution in [0.5, 0.6) is 0 Å². The Morgan fingerprint density at radius 1 is 1.38 bits per heavy atom. The third-order valence-electron chi connectivity index (χ3n) is 1.92. The number of carboxylic acids is 1. The fourth-order valence-corrected chi connectivity index (χ4v) is 1.08. The van der Waals surface area contributed by atoms with Crippen molar-refractivity contribution < 1.29 is 25.0 Å². The third kappa shape index (κ3) is 4.53. The first-order chi connectivity index (χ1) is 7.27. The highest BCUT2D eigenvalue weighted by Crippen LogP contribution is 2.06. The van der Waals surface area contributed by atoms with E-state index in [0.717, 1.165) is 6.92 Å². The molecule has 0 aliphatic heterocycles. The first-order valence-electron chi connectivity index (χ1n) is 4.70. The summed E-state index contributed by atoms with van der Waals surface area (Å²) < 4.78 is 0. The number of nitrogens with zero attached hydrogens (tertiary/aromatic N) is 1. The average Bonchev–Trinajstić information content (AvgIpc) is 2.12. The quantitative estimate of drug-likeness (QED) is 0.204. The molecule has 0 unspecified atom stereocenters. The molecule has 0 heterocycles. The standard InChI is InChI=1S/C8H17N3O5/c1-4(12)7(8(14)15)11(16)6(13)3-2-5(9)10/h4-5,7,12,16H,2-3,9-10H2,1H3,(H,14,15)/t4-,7+/m1/s1. The Labute approximate surface area is 92.4 Å². The number of aliphatic hydroxyl groups is 1. The van der Waals surface area contributed by atoms with Crippen LogP contribution in [0.4, 0.5) is 0 Å². The largest absolute Gasteiger partial charge is 0.480 e. The molecule has 0 aromatic heterocycles. The molecule has 0 saturated carbocycles. The highest BCUT2D eigenvalue weighted by molar-refractivity contribution is 5.83.